The Morgan fingerprint density at radius 3 is 0.143 bits per heavy atom. The van der Waals surface area contributed by atoms with Gasteiger partial charge in [0.2, 0.25) is 0 Å². The quantitative estimate of drug-likeness (QED) is 0.390. The van der Waals surface area contributed by atoms with Crippen LogP contribution in [-0.2, 0) is 0 Å². The molecule has 0 spiro atoms. The molecule has 56 valence electrons. The van der Waals surface area contributed by atoms with E-state index in [1.54, 1.807) is 0 Å². The van der Waals surface area contributed by atoms with Gasteiger partial charge in [-0.3, -0.25) is 0 Å². The third-order valence-electron chi connectivity index (χ3n) is 0. The molecule has 0 unspecified atom stereocenters. The van der Waals surface area contributed by atoms with Gasteiger partial charge >= 0.3 is 132 Å². The van der Waals surface area contributed by atoms with Gasteiger partial charge in [-0.25, -0.2) is 0 Å². The molecule has 0 aromatic rings. The Morgan fingerprint density at radius 2 is 0.143 bits per heavy atom. The first-order valence-electron chi connectivity index (χ1n) is 0. The van der Waals surface area contributed by atoms with Crippen LogP contribution in [0.3, 0.4) is 0 Å². The van der Waals surface area contributed by atoms with Crippen molar-refractivity contribution in [2.24, 2.45) is 0 Å². The van der Waals surface area contributed by atoms with Crippen molar-refractivity contribution in [3.63, 3.8) is 0 Å². The Bertz CT molecular complexity index is 14.0. The second kappa shape index (κ2) is 165. The molecule has 0 aliphatic carbocycles. The van der Waals surface area contributed by atoms with E-state index in [2.05, 4.69) is 0 Å². The summed E-state index contributed by atoms with van der Waals surface area (Å²) in [6.45, 7) is 0. The van der Waals surface area contributed by atoms with Crippen LogP contribution in [-0.4, -0.2) is 0 Å². The monoisotopic (exact) mass is 294 g/mol. The van der Waals surface area contributed by atoms with E-state index in [0.29, 0.717) is 0 Å². The molecule has 0 rings (SSSR count). The van der Waals surface area contributed by atoms with Crippen molar-refractivity contribution in [2.45, 2.75) is 0 Å². The summed E-state index contributed by atoms with van der Waals surface area (Å²) in [6, 6.07) is 0. The van der Waals surface area contributed by atoms with Crippen LogP contribution in [0, 0.1) is 0 Å². The van der Waals surface area contributed by atoms with E-state index in [1.165, 1.54) is 0 Å². The smallest absolute Gasteiger partial charge is 1.00 e. The van der Waals surface area contributed by atoms with Crippen molar-refractivity contribution < 1.29 is 219 Å². The van der Waals surface area contributed by atoms with Gasteiger partial charge in [-0.05, 0) is 0 Å². The first-order chi connectivity index (χ1) is 0. The van der Waals surface area contributed by atoms with Crippen LogP contribution < -0.4 is 219 Å². The van der Waals surface area contributed by atoms with Crippen LogP contribution in [0.25, 0.3) is 0 Å². The number of rotatable bonds is 0. The van der Waals surface area contributed by atoms with Crippen molar-refractivity contribution >= 4 is 0 Å². The minimum absolute atomic E-state index is 0. The number of hydrogen-bond acceptors (Lipinski definition) is 0. The van der Waals surface area contributed by atoms with Gasteiger partial charge in [0.25, 0.3) is 0 Å². The van der Waals surface area contributed by atoms with Crippen LogP contribution in [0.1, 0.15) is 0 Å². The van der Waals surface area contributed by atoms with Gasteiger partial charge < -0.3 is 86.8 Å². The fourth-order valence-electron chi connectivity index (χ4n) is 0. The van der Waals surface area contributed by atoms with E-state index in [1.807, 2.05) is 0 Å². The summed E-state index contributed by atoms with van der Waals surface area (Å²) in [4.78, 5) is 0. The van der Waals surface area contributed by atoms with Gasteiger partial charge in [0, 0.05) is 0 Å². The summed E-state index contributed by atoms with van der Waals surface area (Å²) in [5.74, 6) is 0. The van der Waals surface area contributed by atoms with E-state index >= 15 is 0 Å². The topological polar surface area (TPSA) is 0 Å². The van der Waals surface area contributed by atoms with Crippen molar-refractivity contribution in [1.82, 2.24) is 0 Å². The van der Waals surface area contributed by atoms with E-state index in [4.69, 9.17) is 0 Å². The molecule has 0 aromatic heterocycles. The zero-order valence-corrected chi connectivity index (χ0v) is 14.9. The molecule has 0 N–H and O–H groups in total. The molecule has 0 saturated heterocycles. The molecule has 0 bridgehead atoms. The minimum atomic E-state index is 0. The molecule has 0 radical (unpaired) electrons. The molecule has 0 saturated carbocycles. The fourth-order valence-corrected chi connectivity index (χ4v) is 0. The summed E-state index contributed by atoms with van der Waals surface area (Å²) in [6.07, 6.45) is 0. The van der Waals surface area contributed by atoms with Gasteiger partial charge in [0.15, 0.2) is 0 Å². The molecule has 0 heterocycles. The summed E-state index contributed by atoms with van der Waals surface area (Å²) in [5.41, 5.74) is 0. The van der Waals surface area contributed by atoms with Gasteiger partial charge in [-0.15, -0.1) is 0 Å². The first-order valence-corrected chi connectivity index (χ1v) is 0. The van der Waals surface area contributed by atoms with Crippen molar-refractivity contribution in [3.8, 4) is 0 Å². The van der Waals surface area contributed by atoms with Crippen LogP contribution in [0.2, 0.25) is 0 Å². The minimum Gasteiger partial charge on any atom is -1.00 e. The Hall–Kier alpha value is 6.21. The molecule has 14 heteroatoms. The molecule has 14 heavy (non-hydrogen) atoms. The van der Waals surface area contributed by atoms with Crippen molar-refractivity contribution in [2.75, 3.05) is 0 Å². The zero-order valence-electron chi connectivity index (χ0n) is 9.65. The van der Waals surface area contributed by atoms with Crippen LogP contribution in [0.5, 0.6) is 0 Å². The maximum absolute atomic E-state index is 0. The standard InChI is InChI=1S/7ClH.7Li/h7*1H;;;;;;;/q;;;;;;;7*+1/p-7. The predicted molar refractivity (Wildman–Crippen MR) is 0 cm³/mol. The molecular formula is Cl7Li7. The van der Waals surface area contributed by atoms with E-state index in [-0.39, 0.29) is 219 Å². The Morgan fingerprint density at radius 1 is 0.143 bits per heavy atom. The van der Waals surface area contributed by atoms with Gasteiger partial charge in [0.05, 0.1) is 0 Å². The van der Waals surface area contributed by atoms with E-state index in [9.17, 15) is 0 Å². The summed E-state index contributed by atoms with van der Waals surface area (Å²) in [5, 5.41) is 0. The molecule has 0 aromatic carbocycles. The third-order valence-corrected chi connectivity index (χ3v) is 0. The van der Waals surface area contributed by atoms with Crippen LogP contribution in [0.15, 0.2) is 0 Å². The first kappa shape index (κ1) is 193. The molecule has 0 nitrogen and oxygen atoms in total. The van der Waals surface area contributed by atoms with Crippen molar-refractivity contribution in [3.05, 3.63) is 0 Å². The van der Waals surface area contributed by atoms with Gasteiger partial charge in [-0.2, -0.15) is 0 Å². The number of halogens is 7. The normalized spacial score (nSPS) is 0. The Balaban J connectivity index is 0. The fraction of sp³-hybridized carbons (Fsp3) is 0. The van der Waals surface area contributed by atoms with Crippen molar-refractivity contribution in [1.29, 1.82) is 0 Å². The Labute approximate surface area is 215 Å². The molecule has 0 aliphatic rings. The molecule has 0 amide bonds. The van der Waals surface area contributed by atoms with E-state index in [0.717, 1.165) is 0 Å². The average Bonchev–Trinajstić information content (AvgIpc) is 0. The Kier molecular flexibility index (Phi) is 2280. The molecule has 0 fully saturated rings. The second-order valence-electron chi connectivity index (χ2n) is 0. The van der Waals surface area contributed by atoms with Crippen LogP contribution in [0.4, 0.5) is 0 Å². The maximum Gasteiger partial charge on any atom is 1.00 e. The summed E-state index contributed by atoms with van der Waals surface area (Å²) >= 11 is 0. The SMILES string of the molecule is [Cl-].[Cl-].[Cl-].[Cl-].[Cl-].[Cl-].[Cl-].[Li+].[Li+].[Li+].[Li+].[Li+].[Li+].[Li+]. The third kappa shape index (κ3) is 140. The molecule has 0 atom stereocenters. The second-order valence-corrected chi connectivity index (χ2v) is 0. The average molecular weight is 297 g/mol. The summed E-state index contributed by atoms with van der Waals surface area (Å²) in [7, 11) is 0. The van der Waals surface area contributed by atoms with Gasteiger partial charge in [-0.1, -0.05) is 0 Å². The maximum atomic E-state index is 0. The van der Waals surface area contributed by atoms with Gasteiger partial charge in [0.1, 0.15) is 0 Å². The predicted octanol–water partition coefficient (Wildman–Crippen LogP) is -41.9. The molecule has 0 aliphatic heterocycles. The summed E-state index contributed by atoms with van der Waals surface area (Å²) < 4.78 is 0. The largest absolute Gasteiger partial charge is 1.00 e. The van der Waals surface area contributed by atoms with Crippen LogP contribution >= 0.6 is 0 Å². The van der Waals surface area contributed by atoms with E-state index < -0.39 is 0 Å². The number of hydrogen-bond donors (Lipinski definition) is 0. The zero-order chi connectivity index (χ0) is 0. The molecular weight excluding hydrogens is 297 g/mol.